The summed E-state index contributed by atoms with van der Waals surface area (Å²) in [6.07, 6.45) is 0. The first kappa shape index (κ1) is 18.5. The van der Waals surface area contributed by atoms with Crippen LogP contribution >= 0.6 is 46.3 Å². The lowest BCUT2D eigenvalue weighted by Crippen LogP contribution is -2.13. The van der Waals surface area contributed by atoms with Crippen molar-refractivity contribution in [3.05, 3.63) is 56.8 Å². The van der Waals surface area contributed by atoms with Gasteiger partial charge in [0.15, 0.2) is 4.80 Å². The fraction of sp³-hybridized carbons (Fsp3) is 0.222. The maximum absolute atomic E-state index is 12.6. The summed E-state index contributed by atoms with van der Waals surface area (Å²) in [6.45, 7) is 4.24. The van der Waals surface area contributed by atoms with Gasteiger partial charge >= 0.3 is 0 Å². The fourth-order valence-electron chi connectivity index (χ4n) is 2.40. The molecule has 130 valence electrons. The molecule has 0 saturated heterocycles. The molecule has 2 aromatic carbocycles. The third-order valence-electron chi connectivity index (χ3n) is 3.51. The summed E-state index contributed by atoms with van der Waals surface area (Å²) in [7, 11) is 1.83. The highest BCUT2D eigenvalue weighted by molar-refractivity contribution is 7.99. The highest BCUT2D eigenvalue weighted by Gasteiger charge is 2.12. The van der Waals surface area contributed by atoms with Crippen LogP contribution in [0, 0.1) is 0 Å². The van der Waals surface area contributed by atoms with E-state index in [1.54, 1.807) is 28.5 Å². The average molecular weight is 411 g/mol. The molecule has 0 aliphatic heterocycles. The maximum atomic E-state index is 12.6. The second kappa shape index (κ2) is 7.54. The SMILES string of the molecule is CC(C)Sc1cccc(C(=O)N=c2sc3ccc(Cl)c(Cl)c3n2C)c1. The largest absolute Gasteiger partial charge is 0.318 e. The van der Waals surface area contributed by atoms with Crippen molar-refractivity contribution in [2.45, 2.75) is 24.0 Å². The number of aryl methyl sites for hydroxylation is 1. The summed E-state index contributed by atoms with van der Waals surface area (Å²) in [5.41, 5.74) is 1.36. The van der Waals surface area contributed by atoms with Crippen LogP contribution in [0.15, 0.2) is 46.3 Å². The second-order valence-corrected chi connectivity index (χ2v) is 9.21. The van der Waals surface area contributed by atoms with Crippen LogP contribution in [0.1, 0.15) is 24.2 Å². The zero-order valence-corrected chi connectivity index (χ0v) is 17.1. The Morgan fingerprint density at radius 3 is 2.72 bits per heavy atom. The summed E-state index contributed by atoms with van der Waals surface area (Å²) in [5.74, 6) is -0.268. The van der Waals surface area contributed by atoms with Crippen LogP contribution < -0.4 is 4.80 Å². The third-order valence-corrected chi connectivity index (χ3v) is 6.39. The molecule has 0 atom stereocenters. The molecule has 3 aromatic rings. The van der Waals surface area contributed by atoms with Gasteiger partial charge in [0.2, 0.25) is 0 Å². The lowest BCUT2D eigenvalue weighted by Gasteiger charge is -2.05. The normalized spacial score (nSPS) is 12.3. The zero-order valence-electron chi connectivity index (χ0n) is 13.9. The number of carbonyl (C=O) groups excluding carboxylic acids is 1. The summed E-state index contributed by atoms with van der Waals surface area (Å²) in [4.78, 5) is 18.5. The minimum absolute atomic E-state index is 0.268. The van der Waals surface area contributed by atoms with Crippen molar-refractivity contribution >= 4 is 62.4 Å². The molecule has 0 fully saturated rings. The summed E-state index contributed by atoms with van der Waals surface area (Å²) in [6, 6.07) is 11.2. The van der Waals surface area contributed by atoms with Gasteiger partial charge in [-0.05, 0) is 30.3 Å². The number of carbonyl (C=O) groups is 1. The van der Waals surface area contributed by atoms with Gasteiger partial charge in [0.1, 0.15) is 0 Å². The van der Waals surface area contributed by atoms with Crippen molar-refractivity contribution in [1.82, 2.24) is 4.57 Å². The smallest absolute Gasteiger partial charge is 0.279 e. The van der Waals surface area contributed by atoms with E-state index in [-0.39, 0.29) is 5.91 Å². The Balaban J connectivity index is 2.04. The van der Waals surface area contributed by atoms with Gasteiger partial charge in [0.05, 0.1) is 20.3 Å². The summed E-state index contributed by atoms with van der Waals surface area (Å²) in [5, 5.41) is 1.41. The number of thiazole rings is 1. The molecule has 0 N–H and O–H groups in total. The lowest BCUT2D eigenvalue weighted by molar-refractivity contribution is 0.0997. The molecule has 0 radical (unpaired) electrons. The van der Waals surface area contributed by atoms with Crippen molar-refractivity contribution in [2.24, 2.45) is 12.0 Å². The Bertz CT molecular complexity index is 1020. The number of hydrogen-bond acceptors (Lipinski definition) is 3. The van der Waals surface area contributed by atoms with Crippen LogP contribution in [0.5, 0.6) is 0 Å². The fourth-order valence-corrected chi connectivity index (χ4v) is 4.83. The first-order valence-electron chi connectivity index (χ1n) is 7.66. The van der Waals surface area contributed by atoms with Crippen molar-refractivity contribution in [1.29, 1.82) is 0 Å². The number of fused-ring (bicyclic) bond motifs is 1. The predicted molar refractivity (Wildman–Crippen MR) is 108 cm³/mol. The predicted octanol–water partition coefficient (Wildman–Crippen LogP) is 5.79. The van der Waals surface area contributed by atoms with Crippen LogP contribution in [0.4, 0.5) is 0 Å². The van der Waals surface area contributed by atoms with Gasteiger partial charge in [0, 0.05) is 22.8 Å². The van der Waals surface area contributed by atoms with E-state index in [0.29, 0.717) is 25.7 Å². The van der Waals surface area contributed by atoms with E-state index in [9.17, 15) is 4.79 Å². The number of halogens is 2. The van der Waals surface area contributed by atoms with Gasteiger partial charge < -0.3 is 4.57 Å². The van der Waals surface area contributed by atoms with E-state index in [1.807, 2.05) is 31.3 Å². The molecule has 1 heterocycles. The van der Waals surface area contributed by atoms with Gasteiger partial charge in [-0.3, -0.25) is 4.79 Å². The highest BCUT2D eigenvalue weighted by Crippen LogP contribution is 2.31. The number of rotatable bonds is 3. The lowest BCUT2D eigenvalue weighted by atomic mass is 10.2. The van der Waals surface area contributed by atoms with Crippen LogP contribution in [-0.2, 0) is 7.05 Å². The average Bonchev–Trinajstić information content (AvgIpc) is 2.87. The molecule has 0 spiro atoms. The van der Waals surface area contributed by atoms with Crippen molar-refractivity contribution < 1.29 is 4.79 Å². The topological polar surface area (TPSA) is 34.4 Å². The van der Waals surface area contributed by atoms with Gasteiger partial charge in [0.25, 0.3) is 5.91 Å². The first-order valence-corrected chi connectivity index (χ1v) is 10.1. The van der Waals surface area contributed by atoms with Crippen molar-refractivity contribution in [2.75, 3.05) is 0 Å². The molecule has 3 rings (SSSR count). The number of hydrogen-bond donors (Lipinski definition) is 0. The quantitative estimate of drug-likeness (QED) is 0.512. The highest BCUT2D eigenvalue weighted by atomic mass is 35.5. The number of amides is 1. The molecule has 0 bridgehead atoms. The molecular formula is C18H16Cl2N2OS2. The minimum atomic E-state index is -0.268. The van der Waals surface area contributed by atoms with Crippen molar-refractivity contribution in [3.63, 3.8) is 0 Å². The molecule has 0 aliphatic rings. The zero-order chi connectivity index (χ0) is 18.1. The number of benzene rings is 2. The Hall–Kier alpha value is -1.27. The number of aromatic nitrogens is 1. The Kier molecular flexibility index (Phi) is 5.58. The van der Waals surface area contributed by atoms with E-state index in [0.717, 1.165) is 15.1 Å². The molecule has 0 saturated carbocycles. The van der Waals surface area contributed by atoms with Gasteiger partial charge in [-0.25, -0.2) is 0 Å². The maximum Gasteiger partial charge on any atom is 0.279 e. The summed E-state index contributed by atoms with van der Waals surface area (Å²) >= 11 is 15.5. The number of thioether (sulfide) groups is 1. The summed E-state index contributed by atoms with van der Waals surface area (Å²) < 4.78 is 2.74. The molecule has 1 amide bonds. The van der Waals surface area contributed by atoms with Gasteiger partial charge in [-0.15, -0.1) is 11.8 Å². The molecule has 0 unspecified atom stereocenters. The molecule has 25 heavy (non-hydrogen) atoms. The first-order chi connectivity index (χ1) is 11.9. The molecule has 0 aliphatic carbocycles. The van der Waals surface area contributed by atoms with E-state index in [1.165, 1.54) is 11.3 Å². The monoisotopic (exact) mass is 410 g/mol. The minimum Gasteiger partial charge on any atom is -0.318 e. The third kappa shape index (κ3) is 3.95. The number of nitrogens with zero attached hydrogens (tertiary/aromatic N) is 2. The van der Waals surface area contributed by atoms with E-state index >= 15 is 0 Å². The van der Waals surface area contributed by atoms with E-state index in [4.69, 9.17) is 23.2 Å². The standard InChI is InChI=1S/C18H16Cl2N2OS2/c1-10(2)24-12-6-4-5-11(9-12)17(23)21-18-22(3)16-14(25-18)8-7-13(19)15(16)20/h4-10H,1-3H3. The van der Waals surface area contributed by atoms with Crippen LogP contribution in [0.2, 0.25) is 10.0 Å². The molecule has 1 aromatic heterocycles. The Morgan fingerprint density at radius 1 is 1.24 bits per heavy atom. The molecule has 7 heteroatoms. The van der Waals surface area contributed by atoms with Crippen LogP contribution in [0.3, 0.4) is 0 Å². The van der Waals surface area contributed by atoms with Gasteiger partial charge in [-0.2, -0.15) is 4.99 Å². The van der Waals surface area contributed by atoms with Crippen molar-refractivity contribution in [3.8, 4) is 0 Å². The Morgan fingerprint density at radius 2 is 2.00 bits per heavy atom. The van der Waals surface area contributed by atoms with Gasteiger partial charge in [-0.1, -0.05) is 54.5 Å². The van der Waals surface area contributed by atoms with E-state index < -0.39 is 0 Å². The molecular weight excluding hydrogens is 395 g/mol. The van der Waals surface area contributed by atoms with Crippen LogP contribution in [0.25, 0.3) is 10.2 Å². The Labute approximate surface area is 164 Å². The molecule has 3 nitrogen and oxygen atoms in total. The van der Waals surface area contributed by atoms with E-state index in [2.05, 4.69) is 18.8 Å². The van der Waals surface area contributed by atoms with Crippen LogP contribution in [-0.4, -0.2) is 15.7 Å². The second-order valence-electron chi connectivity index (χ2n) is 5.76.